The SMILES string of the molecule is N[C@]12CC[C@H]1CN(C(=O)NCc1nccc3c1CCCC3)C2. The lowest BCUT2D eigenvalue weighted by Crippen LogP contribution is -2.55. The summed E-state index contributed by atoms with van der Waals surface area (Å²) in [6, 6.07) is 2.13. The van der Waals surface area contributed by atoms with Crippen LogP contribution in [0.2, 0.25) is 0 Å². The van der Waals surface area contributed by atoms with Crippen molar-refractivity contribution >= 4 is 6.03 Å². The third kappa shape index (κ3) is 2.28. The minimum Gasteiger partial charge on any atom is -0.332 e. The monoisotopic (exact) mass is 300 g/mol. The van der Waals surface area contributed by atoms with Gasteiger partial charge in [0, 0.05) is 24.8 Å². The van der Waals surface area contributed by atoms with Crippen molar-refractivity contribution in [3.63, 3.8) is 0 Å². The number of pyridine rings is 1. The maximum Gasteiger partial charge on any atom is 0.317 e. The third-order valence-corrected chi connectivity index (χ3v) is 5.76. The Balaban J connectivity index is 1.40. The smallest absolute Gasteiger partial charge is 0.317 e. The molecule has 2 amide bonds. The lowest BCUT2D eigenvalue weighted by molar-refractivity contribution is 0.187. The first-order chi connectivity index (χ1) is 10.7. The molecule has 22 heavy (non-hydrogen) atoms. The van der Waals surface area contributed by atoms with E-state index in [4.69, 9.17) is 5.73 Å². The summed E-state index contributed by atoms with van der Waals surface area (Å²) in [5.74, 6) is 0.501. The van der Waals surface area contributed by atoms with E-state index >= 15 is 0 Å². The predicted molar refractivity (Wildman–Crippen MR) is 84.3 cm³/mol. The van der Waals surface area contributed by atoms with E-state index in [9.17, 15) is 4.79 Å². The minimum absolute atomic E-state index is 0.00874. The molecular formula is C17H24N4O. The zero-order valence-corrected chi connectivity index (χ0v) is 13.0. The Labute approximate surface area is 131 Å². The Morgan fingerprint density at radius 2 is 2.32 bits per heavy atom. The van der Waals surface area contributed by atoms with E-state index in [-0.39, 0.29) is 11.6 Å². The second kappa shape index (κ2) is 5.23. The Morgan fingerprint density at radius 1 is 1.45 bits per heavy atom. The number of aromatic nitrogens is 1. The lowest BCUT2D eigenvalue weighted by atomic mass is 9.70. The highest BCUT2D eigenvalue weighted by molar-refractivity contribution is 5.75. The van der Waals surface area contributed by atoms with Crippen molar-refractivity contribution in [2.75, 3.05) is 13.1 Å². The number of rotatable bonds is 2. The average molecular weight is 300 g/mol. The molecule has 1 saturated heterocycles. The van der Waals surface area contributed by atoms with Crippen LogP contribution in [0, 0.1) is 5.92 Å². The van der Waals surface area contributed by atoms with Gasteiger partial charge in [0.15, 0.2) is 0 Å². The lowest BCUT2D eigenvalue weighted by Gasteiger charge is -2.39. The number of carbonyl (C=O) groups excluding carboxylic acids is 1. The fourth-order valence-electron chi connectivity index (χ4n) is 4.20. The molecule has 1 aromatic rings. The number of likely N-dealkylation sites (tertiary alicyclic amines) is 1. The summed E-state index contributed by atoms with van der Waals surface area (Å²) < 4.78 is 0. The molecule has 2 atom stereocenters. The Morgan fingerprint density at radius 3 is 3.05 bits per heavy atom. The number of nitrogens with zero attached hydrogens (tertiary/aromatic N) is 2. The maximum atomic E-state index is 12.4. The summed E-state index contributed by atoms with van der Waals surface area (Å²) in [5.41, 5.74) is 9.99. The molecule has 0 radical (unpaired) electrons. The molecular weight excluding hydrogens is 276 g/mol. The fraction of sp³-hybridized carbons (Fsp3) is 0.647. The highest BCUT2D eigenvalue weighted by Crippen LogP contribution is 2.42. The van der Waals surface area contributed by atoms with Gasteiger partial charge in [-0.3, -0.25) is 4.98 Å². The number of aryl methyl sites for hydroxylation is 1. The predicted octanol–water partition coefficient (Wildman–Crippen LogP) is 1.59. The van der Waals surface area contributed by atoms with Gasteiger partial charge in [-0.05, 0) is 61.6 Å². The average Bonchev–Trinajstić information content (AvgIpc) is 2.77. The van der Waals surface area contributed by atoms with Crippen LogP contribution in [-0.2, 0) is 19.4 Å². The van der Waals surface area contributed by atoms with Gasteiger partial charge in [-0.1, -0.05) is 0 Å². The summed E-state index contributed by atoms with van der Waals surface area (Å²) in [5, 5.41) is 3.05. The van der Waals surface area contributed by atoms with E-state index in [1.807, 2.05) is 11.1 Å². The molecule has 5 nitrogen and oxygen atoms in total. The van der Waals surface area contributed by atoms with E-state index in [1.54, 1.807) is 0 Å². The molecule has 2 aliphatic carbocycles. The highest BCUT2D eigenvalue weighted by Gasteiger charge is 2.51. The normalized spacial score (nSPS) is 29.5. The van der Waals surface area contributed by atoms with Gasteiger partial charge >= 0.3 is 6.03 Å². The van der Waals surface area contributed by atoms with E-state index < -0.39 is 0 Å². The topological polar surface area (TPSA) is 71.2 Å². The van der Waals surface area contributed by atoms with Crippen LogP contribution in [0.1, 0.15) is 42.5 Å². The molecule has 0 spiro atoms. The van der Waals surface area contributed by atoms with Gasteiger partial charge < -0.3 is 16.0 Å². The Kier molecular flexibility index (Phi) is 3.33. The summed E-state index contributed by atoms with van der Waals surface area (Å²) in [6.45, 7) is 2.03. The van der Waals surface area contributed by atoms with Crippen LogP contribution >= 0.6 is 0 Å². The Hall–Kier alpha value is -1.62. The molecule has 4 rings (SSSR count). The summed E-state index contributed by atoms with van der Waals surface area (Å²) in [4.78, 5) is 18.7. The summed E-state index contributed by atoms with van der Waals surface area (Å²) >= 11 is 0. The number of fused-ring (bicyclic) bond motifs is 2. The number of hydrogen-bond donors (Lipinski definition) is 2. The molecule has 3 aliphatic rings. The Bertz CT molecular complexity index is 602. The van der Waals surface area contributed by atoms with Gasteiger partial charge in [0.2, 0.25) is 0 Å². The van der Waals surface area contributed by atoms with Gasteiger partial charge in [0.05, 0.1) is 12.2 Å². The second-order valence-corrected chi connectivity index (χ2v) is 7.11. The molecule has 3 N–H and O–H groups in total. The minimum atomic E-state index is -0.110. The maximum absolute atomic E-state index is 12.4. The summed E-state index contributed by atoms with van der Waals surface area (Å²) in [6.07, 6.45) is 8.80. The standard InChI is InChI=1S/C17H24N4O/c18-17-7-5-13(17)10-21(11-17)16(22)20-9-15-14-4-2-1-3-12(14)6-8-19-15/h6,8,13H,1-5,7,9-11,18H2,(H,20,22)/t13-,17-/m0/s1. The molecule has 1 saturated carbocycles. The number of nitrogens with two attached hydrogens (primary N) is 1. The second-order valence-electron chi connectivity index (χ2n) is 7.11. The van der Waals surface area contributed by atoms with Crippen molar-refractivity contribution in [1.82, 2.24) is 15.2 Å². The highest BCUT2D eigenvalue weighted by atomic mass is 16.2. The number of carbonyl (C=O) groups is 1. The fourth-order valence-corrected chi connectivity index (χ4v) is 4.20. The molecule has 5 heteroatoms. The molecule has 118 valence electrons. The largest absolute Gasteiger partial charge is 0.332 e. The molecule has 0 bridgehead atoms. The molecule has 2 fully saturated rings. The first-order valence-corrected chi connectivity index (χ1v) is 8.43. The summed E-state index contributed by atoms with van der Waals surface area (Å²) in [7, 11) is 0. The number of hydrogen-bond acceptors (Lipinski definition) is 3. The van der Waals surface area contributed by atoms with Gasteiger partial charge in [-0.2, -0.15) is 0 Å². The van der Waals surface area contributed by atoms with Crippen molar-refractivity contribution < 1.29 is 4.79 Å². The van der Waals surface area contributed by atoms with E-state index in [0.717, 1.165) is 37.9 Å². The van der Waals surface area contributed by atoms with Crippen LogP contribution < -0.4 is 11.1 Å². The quantitative estimate of drug-likeness (QED) is 0.871. The van der Waals surface area contributed by atoms with E-state index in [1.165, 1.54) is 24.0 Å². The molecule has 2 heterocycles. The zero-order valence-electron chi connectivity index (χ0n) is 13.0. The molecule has 1 aromatic heterocycles. The van der Waals surface area contributed by atoms with E-state index in [0.29, 0.717) is 19.0 Å². The van der Waals surface area contributed by atoms with Crippen LogP contribution in [0.4, 0.5) is 4.79 Å². The van der Waals surface area contributed by atoms with Crippen LogP contribution in [0.25, 0.3) is 0 Å². The number of urea groups is 1. The molecule has 0 aromatic carbocycles. The van der Waals surface area contributed by atoms with Crippen molar-refractivity contribution in [3.05, 3.63) is 29.1 Å². The van der Waals surface area contributed by atoms with Crippen LogP contribution in [0.15, 0.2) is 12.3 Å². The van der Waals surface area contributed by atoms with Gasteiger partial charge in [-0.15, -0.1) is 0 Å². The van der Waals surface area contributed by atoms with Crippen molar-refractivity contribution in [1.29, 1.82) is 0 Å². The molecule has 0 unspecified atom stereocenters. The molecule has 1 aliphatic heterocycles. The number of nitrogens with one attached hydrogen (secondary N) is 1. The van der Waals surface area contributed by atoms with Crippen molar-refractivity contribution in [2.24, 2.45) is 11.7 Å². The van der Waals surface area contributed by atoms with Crippen molar-refractivity contribution in [3.8, 4) is 0 Å². The van der Waals surface area contributed by atoms with Gasteiger partial charge in [-0.25, -0.2) is 4.79 Å². The number of amides is 2. The van der Waals surface area contributed by atoms with Crippen LogP contribution in [0.3, 0.4) is 0 Å². The van der Waals surface area contributed by atoms with Gasteiger partial charge in [0.25, 0.3) is 0 Å². The zero-order chi connectivity index (χ0) is 15.2. The van der Waals surface area contributed by atoms with Crippen LogP contribution in [-0.4, -0.2) is 34.5 Å². The van der Waals surface area contributed by atoms with Crippen molar-refractivity contribution in [2.45, 2.75) is 50.6 Å². The first kappa shape index (κ1) is 14.0. The third-order valence-electron chi connectivity index (χ3n) is 5.76. The van der Waals surface area contributed by atoms with Gasteiger partial charge in [0.1, 0.15) is 0 Å². The van der Waals surface area contributed by atoms with E-state index in [2.05, 4.69) is 16.4 Å². The first-order valence-electron chi connectivity index (χ1n) is 8.43. The van der Waals surface area contributed by atoms with Crippen LogP contribution in [0.5, 0.6) is 0 Å².